The van der Waals surface area contributed by atoms with Crippen LogP contribution in [0.5, 0.6) is 5.75 Å². The molecule has 1 aliphatic heterocycles. The number of amides is 2. The molecule has 0 radical (unpaired) electrons. The summed E-state index contributed by atoms with van der Waals surface area (Å²) in [5.41, 5.74) is 0.592. The molecule has 2 amide bonds. The van der Waals surface area contributed by atoms with Crippen LogP contribution in [0.15, 0.2) is 24.3 Å². The van der Waals surface area contributed by atoms with Crippen molar-refractivity contribution in [2.45, 2.75) is 38.5 Å². The Morgan fingerprint density at radius 3 is 2.56 bits per heavy atom. The highest BCUT2D eigenvalue weighted by Gasteiger charge is 2.18. The second kappa shape index (κ2) is 9.66. The van der Waals surface area contributed by atoms with Crippen molar-refractivity contribution < 1.29 is 24.2 Å². The monoisotopic (exact) mass is 348 g/mol. The van der Waals surface area contributed by atoms with Gasteiger partial charge in [0.15, 0.2) is 6.61 Å². The molecule has 136 valence electrons. The number of benzene rings is 1. The van der Waals surface area contributed by atoms with Crippen LogP contribution in [0.1, 0.15) is 38.5 Å². The average molecular weight is 348 g/mol. The number of carbonyl (C=O) groups excluding carboxylic acids is 2. The van der Waals surface area contributed by atoms with Crippen LogP contribution in [0, 0.1) is 0 Å². The zero-order chi connectivity index (χ0) is 18.1. The normalized spacial score (nSPS) is 13.5. The first kappa shape index (κ1) is 18.8. The molecule has 0 atom stereocenters. The SMILES string of the molecule is O=C(O)CCCCC(=O)Nc1cccc(OCC(=O)N2CCCC2)c1. The molecule has 0 spiro atoms. The molecule has 2 rings (SSSR count). The highest BCUT2D eigenvalue weighted by Crippen LogP contribution is 2.18. The Morgan fingerprint density at radius 2 is 1.84 bits per heavy atom. The first-order valence-electron chi connectivity index (χ1n) is 8.57. The van der Waals surface area contributed by atoms with Gasteiger partial charge in [-0.1, -0.05) is 6.07 Å². The molecule has 1 heterocycles. The predicted octanol–water partition coefficient (Wildman–Crippen LogP) is 2.27. The van der Waals surface area contributed by atoms with Gasteiger partial charge in [0, 0.05) is 37.7 Å². The fourth-order valence-corrected chi connectivity index (χ4v) is 2.65. The number of likely N-dealkylation sites (tertiary alicyclic amines) is 1. The van der Waals surface area contributed by atoms with Gasteiger partial charge in [-0.3, -0.25) is 14.4 Å². The Labute approximate surface area is 147 Å². The van der Waals surface area contributed by atoms with Crippen LogP contribution >= 0.6 is 0 Å². The quantitative estimate of drug-likeness (QED) is 0.668. The number of carbonyl (C=O) groups is 3. The summed E-state index contributed by atoms with van der Waals surface area (Å²) in [7, 11) is 0. The van der Waals surface area contributed by atoms with Gasteiger partial charge >= 0.3 is 5.97 Å². The van der Waals surface area contributed by atoms with E-state index in [1.54, 1.807) is 29.2 Å². The average Bonchev–Trinajstić information content (AvgIpc) is 3.11. The Kier molecular flexibility index (Phi) is 7.25. The minimum atomic E-state index is -0.853. The molecule has 2 N–H and O–H groups in total. The third-order valence-electron chi connectivity index (χ3n) is 3.98. The van der Waals surface area contributed by atoms with Crippen LogP contribution in [0.25, 0.3) is 0 Å². The van der Waals surface area contributed by atoms with E-state index in [1.165, 1.54) is 0 Å². The maximum Gasteiger partial charge on any atom is 0.303 e. The van der Waals surface area contributed by atoms with Crippen LogP contribution in [0.2, 0.25) is 0 Å². The van der Waals surface area contributed by atoms with Gasteiger partial charge in [0.25, 0.3) is 5.91 Å². The van der Waals surface area contributed by atoms with Crippen LogP contribution in [0.3, 0.4) is 0 Å². The number of hydrogen-bond donors (Lipinski definition) is 2. The molecule has 0 aromatic heterocycles. The van der Waals surface area contributed by atoms with Crippen LogP contribution in [0.4, 0.5) is 5.69 Å². The molecule has 25 heavy (non-hydrogen) atoms. The summed E-state index contributed by atoms with van der Waals surface area (Å²) in [6, 6.07) is 6.90. The zero-order valence-corrected chi connectivity index (χ0v) is 14.2. The van der Waals surface area contributed by atoms with Crippen LogP contribution in [-0.4, -0.2) is 47.5 Å². The summed E-state index contributed by atoms with van der Waals surface area (Å²) < 4.78 is 5.52. The molecule has 1 saturated heterocycles. The van der Waals surface area contributed by atoms with Crippen molar-refractivity contribution in [3.05, 3.63) is 24.3 Å². The van der Waals surface area contributed by atoms with Gasteiger partial charge in [0.2, 0.25) is 5.91 Å². The lowest BCUT2D eigenvalue weighted by molar-refractivity contribution is -0.137. The molecule has 0 aliphatic carbocycles. The maximum absolute atomic E-state index is 12.0. The van der Waals surface area contributed by atoms with Gasteiger partial charge in [0.05, 0.1) is 0 Å². The largest absolute Gasteiger partial charge is 0.484 e. The van der Waals surface area contributed by atoms with E-state index in [0.29, 0.717) is 24.3 Å². The summed E-state index contributed by atoms with van der Waals surface area (Å²) in [6.07, 6.45) is 3.43. The third-order valence-corrected chi connectivity index (χ3v) is 3.98. The summed E-state index contributed by atoms with van der Waals surface area (Å²) >= 11 is 0. The standard InChI is InChI=1S/C18H24N2O5/c21-16(8-1-2-9-18(23)24)19-14-6-5-7-15(12-14)25-13-17(22)20-10-3-4-11-20/h5-7,12H,1-4,8-11,13H2,(H,19,21)(H,23,24). The van der Waals surface area contributed by atoms with Crippen molar-refractivity contribution >= 4 is 23.5 Å². The van der Waals surface area contributed by atoms with Crippen molar-refractivity contribution in [1.29, 1.82) is 0 Å². The highest BCUT2D eigenvalue weighted by atomic mass is 16.5. The number of carboxylic acid groups (broad SMARTS) is 1. The van der Waals surface area contributed by atoms with E-state index in [1.807, 2.05) is 0 Å². The van der Waals surface area contributed by atoms with Gasteiger partial charge in [0.1, 0.15) is 5.75 Å². The Bertz CT molecular complexity index is 611. The lowest BCUT2D eigenvalue weighted by Gasteiger charge is -2.15. The number of ether oxygens (including phenoxy) is 1. The number of rotatable bonds is 9. The van der Waals surface area contributed by atoms with Crippen LogP contribution in [-0.2, 0) is 14.4 Å². The van der Waals surface area contributed by atoms with E-state index in [2.05, 4.69) is 5.32 Å². The van der Waals surface area contributed by atoms with E-state index < -0.39 is 5.97 Å². The van der Waals surface area contributed by atoms with E-state index >= 15 is 0 Å². The van der Waals surface area contributed by atoms with Crippen molar-refractivity contribution in [3.8, 4) is 5.75 Å². The first-order chi connectivity index (χ1) is 12.0. The predicted molar refractivity (Wildman–Crippen MR) is 92.5 cm³/mol. The minimum absolute atomic E-state index is 0.00735. The van der Waals surface area contributed by atoms with Gasteiger partial charge in [-0.2, -0.15) is 0 Å². The lowest BCUT2D eigenvalue weighted by Crippen LogP contribution is -2.32. The lowest BCUT2D eigenvalue weighted by atomic mass is 10.2. The van der Waals surface area contributed by atoms with Gasteiger partial charge in [-0.25, -0.2) is 0 Å². The molecule has 0 saturated carbocycles. The van der Waals surface area contributed by atoms with Crippen LogP contribution < -0.4 is 10.1 Å². The molecule has 1 aliphatic rings. The van der Waals surface area contributed by atoms with Crippen molar-refractivity contribution in [2.75, 3.05) is 25.0 Å². The molecule has 0 unspecified atom stereocenters. The first-order valence-corrected chi connectivity index (χ1v) is 8.57. The number of aliphatic carboxylic acids is 1. The molecule has 0 bridgehead atoms. The number of hydrogen-bond acceptors (Lipinski definition) is 4. The number of unbranched alkanes of at least 4 members (excludes halogenated alkanes) is 1. The second-order valence-corrected chi connectivity index (χ2v) is 6.05. The molecule has 7 nitrogen and oxygen atoms in total. The molecular weight excluding hydrogens is 324 g/mol. The molecule has 1 aromatic carbocycles. The second-order valence-electron chi connectivity index (χ2n) is 6.05. The topological polar surface area (TPSA) is 95.9 Å². The number of carboxylic acids is 1. The Balaban J connectivity index is 1.75. The number of nitrogens with one attached hydrogen (secondary N) is 1. The summed E-state index contributed by atoms with van der Waals surface area (Å²) in [5, 5.41) is 11.3. The minimum Gasteiger partial charge on any atom is -0.484 e. The summed E-state index contributed by atoms with van der Waals surface area (Å²) in [6.45, 7) is 1.58. The maximum atomic E-state index is 12.0. The molecule has 7 heteroatoms. The number of anilines is 1. The third kappa shape index (κ3) is 6.82. The number of nitrogens with zero attached hydrogens (tertiary/aromatic N) is 1. The van der Waals surface area contributed by atoms with Crippen molar-refractivity contribution in [3.63, 3.8) is 0 Å². The smallest absolute Gasteiger partial charge is 0.303 e. The zero-order valence-electron chi connectivity index (χ0n) is 14.2. The Hall–Kier alpha value is -2.57. The molecular formula is C18H24N2O5. The van der Waals surface area contributed by atoms with E-state index in [4.69, 9.17) is 9.84 Å². The highest BCUT2D eigenvalue weighted by molar-refractivity contribution is 5.90. The fraction of sp³-hybridized carbons (Fsp3) is 0.500. The van der Waals surface area contributed by atoms with E-state index in [9.17, 15) is 14.4 Å². The summed E-state index contributed by atoms with van der Waals surface area (Å²) in [5.74, 6) is -0.522. The van der Waals surface area contributed by atoms with E-state index in [0.717, 1.165) is 25.9 Å². The van der Waals surface area contributed by atoms with Crippen molar-refractivity contribution in [2.24, 2.45) is 0 Å². The fourth-order valence-electron chi connectivity index (χ4n) is 2.65. The van der Waals surface area contributed by atoms with Gasteiger partial charge < -0.3 is 20.1 Å². The Morgan fingerprint density at radius 1 is 1.12 bits per heavy atom. The molecule has 1 fully saturated rings. The van der Waals surface area contributed by atoms with Gasteiger partial charge in [-0.15, -0.1) is 0 Å². The molecule has 1 aromatic rings. The van der Waals surface area contributed by atoms with Gasteiger partial charge in [-0.05, 0) is 37.8 Å². The van der Waals surface area contributed by atoms with Crippen molar-refractivity contribution in [1.82, 2.24) is 4.90 Å². The summed E-state index contributed by atoms with van der Waals surface area (Å²) in [4.78, 5) is 36.0. The van der Waals surface area contributed by atoms with E-state index in [-0.39, 0.29) is 31.3 Å².